The van der Waals surface area contributed by atoms with Gasteiger partial charge in [-0.3, -0.25) is 14.8 Å². The van der Waals surface area contributed by atoms with Crippen LogP contribution in [-0.4, -0.2) is 22.4 Å². The molecule has 138 valence electrons. The van der Waals surface area contributed by atoms with Gasteiger partial charge in [-0.15, -0.1) is 0 Å². The molecule has 0 radical (unpaired) electrons. The van der Waals surface area contributed by atoms with Gasteiger partial charge in [0.05, 0.1) is 0 Å². The number of carbonyl (C=O) groups excluding carboxylic acids is 2. The SMILES string of the molecule is CC(=O)C1(OO)CCC2C3CCC4=CC(=O)CCC4(C)C3CCC21C. The van der Waals surface area contributed by atoms with E-state index in [-0.39, 0.29) is 22.4 Å². The second-order valence-electron chi connectivity index (χ2n) is 9.44. The highest BCUT2D eigenvalue weighted by Gasteiger charge is 2.67. The minimum atomic E-state index is -1.03. The highest BCUT2D eigenvalue weighted by molar-refractivity contribution is 5.91. The first-order chi connectivity index (χ1) is 11.8. The number of Topliss-reactive ketones (excluding diaryl/α,β-unsaturated/α-hetero) is 1. The molecule has 0 saturated heterocycles. The summed E-state index contributed by atoms with van der Waals surface area (Å²) in [6, 6.07) is 0. The number of rotatable bonds is 2. The number of carbonyl (C=O) groups is 2. The first-order valence-corrected chi connectivity index (χ1v) is 9.86. The second-order valence-corrected chi connectivity index (χ2v) is 9.44. The van der Waals surface area contributed by atoms with E-state index in [0.29, 0.717) is 30.6 Å². The average molecular weight is 346 g/mol. The van der Waals surface area contributed by atoms with Crippen molar-refractivity contribution in [1.29, 1.82) is 0 Å². The van der Waals surface area contributed by atoms with Crippen LogP contribution in [0.2, 0.25) is 0 Å². The zero-order valence-electron chi connectivity index (χ0n) is 15.6. The highest BCUT2D eigenvalue weighted by Crippen LogP contribution is 2.68. The van der Waals surface area contributed by atoms with Crippen molar-refractivity contribution in [3.63, 3.8) is 0 Å². The Morgan fingerprint density at radius 1 is 1.12 bits per heavy atom. The zero-order chi connectivity index (χ0) is 18.0. The molecule has 4 aliphatic carbocycles. The Balaban J connectivity index is 1.70. The predicted octanol–water partition coefficient (Wildman–Crippen LogP) is 4.34. The number of hydrogen-bond donors (Lipinski definition) is 1. The van der Waals surface area contributed by atoms with Crippen molar-refractivity contribution in [3.05, 3.63) is 11.6 Å². The topological polar surface area (TPSA) is 63.6 Å². The van der Waals surface area contributed by atoms with E-state index in [1.165, 1.54) is 5.57 Å². The monoisotopic (exact) mass is 346 g/mol. The summed E-state index contributed by atoms with van der Waals surface area (Å²) >= 11 is 0. The van der Waals surface area contributed by atoms with Crippen LogP contribution in [0.3, 0.4) is 0 Å². The van der Waals surface area contributed by atoms with Crippen molar-refractivity contribution in [3.8, 4) is 0 Å². The Kier molecular flexibility index (Phi) is 3.83. The molecule has 0 aliphatic heterocycles. The minimum absolute atomic E-state index is 0.0377. The first kappa shape index (κ1) is 17.4. The van der Waals surface area contributed by atoms with Crippen LogP contribution in [0, 0.1) is 28.6 Å². The molecule has 6 unspecified atom stereocenters. The third-order valence-corrected chi connectivity index (χ3v) is 8.81. The Hall–Kier alpha value is -1.00. The van der Waals surface area contributed by atoms with E-state index in [1.54, 1.807) is 6.92 Å². The molecule has 1 N–H and O–H groups in total. The maximum atomic E-state index is 12.4. The van der Waals surface area contributed by atoms with Gasteiger partial charge < -0.3 is 0 Å². The van der Waals surface area contributed by atoms with Gasteiger partial charge in [0, 0.05) is 11.8 Å². The summed E-state index contributed by atoms with van der Waals surface area (Å²) in [7, 11) is 0. The lowest BCUT2D eigenvalue weighted by atomic mass is 9.46. The molecule has 4 nitrogen and oxygen atoms in total. The van der Waals surface area contributed by atoms with Gasteiger partial charge in [-0.05, 0) is 81.1 Å². The van der Waals surface area contributed by atoms with E-state index >= 15 is 0 Å². The van der Waals surface area contributed by atoms with Gasteiger partial charge in [0.15, 0.2) is 17.2 Å². The summed E-state index contributed by atoms with van der Waals surface area (Å²) in [5.74, 6) is 1.81. The smallest absolute Gasteiger partial charge is 0.166 e. The summed E-state index contributed by atoms with van der Waals surface area (Å²) in [6.45, 7) is 6.09. The fourth-order valence-corrected chi connectivity index (χ4v) is 7.35. The lowest BCUT2D eigenvalue weighted by Crippen LogP contribution is -2.57. The lowest BCUT2D eigenvalue weighted by molar-refractivity contribution is -0.339. The molecule has 0 aromatic rings. The summed E-state index contributed by atoms with van der Waals surface area (Å²) in [5.41, 5.74) is 0.196. The van der Waals surface area contributed by atoms with Gasteiger partial charge >= 0.3 is 0 Å². The third-order valence-electron chi connectivity index (χ3n) is 8.81. The van der Waals surface area contributed by atoms with Gasteiger partial charge in [-0.1, -0.05) is 19.4 Å². The molecule has 0 bridgehead atoms. The number of fused-ring (bicyclic) bond motifs is 5. The Labute approximate surface area is 149 Å². The zero-order valence-corrected chi connectivity index (χ0v) is 15.6. The first-order valence-electron chi connectivity index (χ1n) is 9.86. The van der Waals surface area contributed by atoms with Crippen LogP contribution in [0.4, 0.5) is 0 Å². The van der Waals surface area contributed by atoms with Crippen molar-refractivity contribution < 1.29 is 19.7 Å². The number of hydrogen-bond acceptors (Lipinski definition) is 4. The Bertz CT molecular complexity index is 652. The third kappa shape index (κ3) is 2.07. The van der Waals surface area contributed by atoms with Gasteiger partial charge in [-0.2, -0.15) is 0 Å². The molecule has 0 spiro atoms. The van der Waals surface area contributed by atoms with E-state index in [9.17, 15) is 14.8 Å². The molecule has 3 saturated carbocycles. The molecular weight excluding hydrogens is 316 g/mol. The van der Waals surface area contributed by atoms with E-state index < -0.39 is 5.60 Å². The van der Waals surface area contributed by atoms with Gasteiger partial charge in [0.25, 0.3) is 0 Å². The van der Waals surface area contributed by atoms with Crippen LogP contribution >= 0.6 is 0 Å². The van der Waals surface area contributed by atoms with Crippen molar-refractivity contribution >= 4 is 11.6 Å². The van der Waals surface area contributed by atoms with Crippen molar-refractivity contribution in [2.24, 2.45) is 28.6 Å². The second kappa shape index (κ2) is 5.50. The van der Waals surface area contributed by atoms with Crippen molar-refractivity contribution in [1.82, 2.24) is 0 Å². The summed E-state index contributed by atoms with van der Waals surface area (Å²) in [4.78, 5) is 29.3. The highest BCUT2D eigenvalue weighted by atomic mass is 17.1. The maximum absolute atomic E-state index is 12.4. The lowest BCUT2D eigenvalue weighted by Gasteiger charge is -2.58. The molecule has 0 heterocycles. The Morgan fingerprint density at radius 3 is 2.52 bits per heavy atom. The van der Waals surface area contributed by atoms with Crippen LogP contribution in [0.5, 0.6) is 0 Å². The number of ketones is 2. The van der Waals surface area contributed by atoms with E-state index in [2.05, 4.69) is 13.8 Å². The molecule has 6 atom stereocenters. The molecule has 0 aromatic heterocycles. The molecule has 4 heteroatoms. The molecule has 3 fully saturated rings. The van der Waals surface area contributed by atoms with Crippen molar-refractivity contribution in [2.75, 3.05) is 0 Å². The summed E-state index contributed by atoms with van der Waals surface area (Å²) in [5, 5.41) is 9.69. The normalized spacial score (nSPS) is 49.0. The van der Waals surface area contributed by atoms with Crippen LogP contribution in [0.25, 0.3) is 0 Å². The number of allylic oxidation sites excluding steroid dienone is 1. The average Bonchev–Trinajstić information content (AvgIpc) is 2.89. The standard InChI is InChI=1S/C21H30O4/c1-13(22)21(25-24)11-8-18-16-5-4-14-12-15(23)6-9-19(14,2)17(16)7-10-20(18,21)3/h12,16-18,24H,4-11H2,1-3H3. The maximum Gasteiger partial charge on any atom is 0.166 e. The van der Waals surface area contributed by atoms with Crippen LogP contribution in [0.15, 0.2) is 11.6 Å². The predicted molar refractivity (Wildman–Crippen MR) is 93.8 cm³/mol. The quantitative estimate of drug-likeness (QED) is 0.597. The molecule has 25 heavy (non-hydrogen) atoms. The molecule has 0 aromatic carbocycles. The molecule has 0 amide bonds. The molecular formula is C21H30O4. The van der Waals surface area contributed by atoms with E-state index in [0.717, 1.165) is 38.5 Å². The summed E-state index contributed by atoms with van der Waals surface area (Å²) < 4.78 is 0. The largest absolute Gasteiger partial charge is 0.297 e. The summed E-state index contributed by atoms with van der Waals surface area (Å²) in [6.07, 6.45) is 9.21. The van der Waals surface area contributed by atoms with E-state index in [4.69, 9.17) is 4.89 Å². The van der Waals surface area contributed by atoms with Gasteiger partial charge in [-0.25, -0.2) is 4.89 Å². The Morgan fingerprint density at radius 2 is 1.84 bits per heavy atom. The minimum Gasteiger partial charge on any atom is -0.297 e. The van der Waals surface area contributed by atoms with Gasteiger partial charge in [0.2, 0.25) is 0 Å². The molecule has 4 aliphatic rings. The van der Waals surface area contributed by atoms with Crippen LogP contribution in [0.1, 0.15) is 72.1 Å². The molecule has 4 rings (SSSR count). The fourth-order valence-electron chi connectivity index (χ4n) is 7.35. The fraction of sp³-hybridized carbons (Fsp3) is 0.810. The van der Waals surface area contributed by atoms with E-state index in [1.807, 2.05) is 6.08 Å². The van der Waals surface area contributed by atoms with Gasteiger partial charge in [0.1, 0.15) is 0 Å². The van der Waals surface area contributed by atoms with Crippen LogP contribution < -0.4 is 0 Å². The van der Waals surface area contributed by atoms with Crippen LogP contribution in [-0.2, 0) is 14.5 Å². The van der Waals surface area contributed by atoms with Crippen molar-refractivity contribution in [2.45, 2.75) is 77.7 Å².